The molecular weight excluding hydrogens is 254 g/mol. The normalized spacial score (nSPS) is 24.3. The van der Waals surface area contributed by atoms with Crippen molar-refractivity contribution >= 4 is 15.7 Å². The minimum Gasteiger partial charge on any atom is -0.398 e. The summed E-state index contributed by atoms with van der Waals surface area (Å²) in [5.41, 5.74) is 5.40. The van der Waals surface area contributed by atoms with E-state index in [1.54, 1.807) is 0 Å². The summed E-state index contributed by atoms with van der Waals surface area (Å²) in [4.78, 5) is 3.78. The average molecular weight is 271 g/mol. The number of sulfonamides is 1. The Morgan fingerprint density at radius 1 is 1.61 bits per heavy atom. The fourth-order valence-corrected chi connectivity index (χ4v) is 3.15. The number of hydrogen-bond donors (Lipinski definition) is 2. The molecule has 1 unspecified atom stereocenters. The minimum atomic E-state index is -3.63. The van der Waals surface area contributed by atoms with Crippen LogP contribution in [-0.2, 0) is 14.8 Å². The smallest absolute Gasteiger partial charge is 0.244 e. The van der Waals surface area contributed by atoms with Crippen LogP contribution in [0.1, 0.15) is 19.8 Å². The van der Waals surface area contributed by atoms with E-state index < -0.39 is 15.6 Å². The Kier molecular flexibility index (Phi) is 3.56. The van der Waals surface area contributed by atoms with E-state index in [1.165, 1.54) is 18.5 Å². The maximum atomic E-state index is 12.1. The van der Waals surface area contributed by atoms with E-state index in [1.807, 2.05) is 6.92 Å². The first-order valence-electron chi connectivity index (χ1n) is 5.76. The van der Waals surface area contributed by atoms with Crippen molar-refractivity contribution in [2.75, 3.05) is 18.9 Å². The molecule has 6 nitrogen and oxygen atoms in total. The lowest BCUT2D eigenvalue weighted by Crippen LogP contribution is -2.40. The van der Waals surface area contributed by atoms with Crippen LogP contribution in [0, 0.1) is 0 Å². The number of ether oxygens (including phenoxy) is 1. The zero-order valence-corrected chi connectivity index (χ0v) is 11.0. The van der Waals surface area contributed by atoms with Crippen molar-refractivity contribution in [3.05, 3.63) is 18.5 Å². The Morgan fingerprint density at radius 3 is 3.00 bits per heavy atom. The molecule has 2 rings (SSSR count). The molecule has 0 aliphatic carbocycles. The highest BCUT2D eigenvalue weighted by atomic mass is 32.2. The molecule has 0 aromatic carbocycles. The van der Waals surface area contributed by atoms with Gasteiger partial charge in [0.25, 0.3) is 0 Å². The maximum Gasteiger partial charge on any atom is 0.244 e. The van der Waals surface area contributed by atoms with Crippen molar-refractivity contribution in [3.8, 4) is 0 Å². The number of nitrogens with zero attached hydrogens (tertiary/aromatic N) is 1. The van der Waals surface area contributed by atoms with Crippen LogP contribution in [0.3, 0.4) is 0 Å². The fourth-order valence-electron chi connectivity index (χ4n) is 1.92. The second-order valence-electron chi connectivity index (χ2n) is 4.64. The molecule has 3 N–H and O–H groups in total. The van der Waals surface area contributed by atoms with Gasteiger partial charge in [0.05, 0.1) is 11.3 Å². The summed E-state index contributed by atoms with van der Waals surface area (Å²) < 4.78 is 32.2. The zero-order valence-electron chi connectivity index (χ0n) is 10.2. The Morgan fingerprint density at radius 2 is 2.39 bits per heavy atom. The van der Waals surface area contributed by atoms with Crippen LogP contribution >= 0.6 is 0 Å². The molecule has 1 saturated heterocycles. The highest BCUT2D eigenvalue weighted by Crippen LogP contribution is 2.25. The quantitative estimate of drug-likeness (QED) is 0.832. The molecule has 1 aromatic rings. The largest absolute Gasteiger partial charge is 0.398 e. The minimum absolute atomic E-state index is 0.00611. The van der Waals surface area contributed by atoms with Crippen LogP contribution in [0.5, 0.6) is 0 Å². The van der Waals surface area contributed by atoms with Gasteiger partial charge in [0.1, 0.15) is 4.90 Å². The Balaban J connectivity index is 2.11. The van der Waals surface area contributed by atoms with E-state index in [9.17, 15) is 8.42 Å². The first-order valence-corrected chi connectivity index (χ1v) is 7.24. The molecule has 1 aromatic heterocycles. The molecular formula is C11H17N3O3S. The Labute approximate surface area is 107 Å². The third-order valence-corrected chi connectivity index (χ3v) is 4.49. The number of nitrogens with two attached hydrogens (primary N) is 1. The van der Waals surface area contributed by atoms with Gasteiger partial charge in [-0.1, -0.05) is 0 Å². The van der Waals surface area contributed by atoms with Crippen LogP contribution in [-0.4, -0.2) is 32.2 Å². The third kappa shape index (κ3) is 2.80. The number of nitrogens with one attached hydrogen (secondary N) is 1. The lowest BCUT2D eigenvalue weighted by Gasteiger charge is -2.23. The highest BCUT2D eigenvalue weighted by Gasteiger charge is 2.31. The second kappa shape index (κ2) is 4.83. The second-order valence-corrected chi connectivity index (χ2v) is 6.38. The molecule has 1 atom stereocenters. The number of anilines is 1. The standard InChI is InChI=1S/C11H17N3O3S/c1-11(4-2-6-17-11)8-14-18(15,16)10-7-13-5-3-9(10)12/h3,5,7,14H,2,4,6,8H2,1H3,(H2,12,13). The van der Waals surface area contributed by atoms with E-state index in [4.69, 9.17) is 10.5 Å². The number of pyridine rings is 1. The van der Waals surface area contributed by atoms with Gasteiger partial charge in [-0.3, -0.25) is 4.98 Å². The van der Waals surface area contributed by atoms with Gasteiger partial charge >= 0.3 is 0 Å². The van der Waals surface area contributed by atoms with Crippen LogP contribution in [0.4, 0.5) is 5.69 Å². The van der Waals surface area contributed by atoms with Gasteiger partial charge in [0.2, 0.25) is 10.0 Å². The first-order chi connectivity index (χ1) is 8.43. The van der Waals surface area contributed by atoms with Crippen LogP contribution < -0.4 is 10.5 Å². The van der Waals surface area contributed by atoms with Gasteiger partial charge < -0.3 is 10.5 Å². The number of hydrogen-bond acceptors (Lipinski definition) is 5. The SMILES string of the molecule is CC1(CNS(=O)(=O)c2cnccc2N)CCCO1. The lowest BCUT2D eigenvalue weighted by molar-refractivity contribution is 0.0250. The number of aromatic nitrogens is 1. The number of rotatable bonds is 4. The fraction of sp³-hybridized carbons (Fsp3) is 0.545. The lowest BCUT2D eigenvalue weighted by atomic mass is 10.0. The molecule has 0 saturated carbocycles. The van der Waals surface area contributed by atoms with Crippen molar-refractivity contribution in [2.45, 2.75) is 30.3 Å². The number of nitrogen functional groups attached to an aromatic ring is 1. The molecule has 100 valence electrons. The van der Waals surface area contributed by atoms with E-state index in [-0.39, 0.29) is 17.1 Å². The van der Waals surface area contributed by atoms with Crippen molar-refractivity contribution < 1.29 is 13.2 Å². The van der Waals surface area contributed by atoms with E-state index in [2.05, 4.69) is 9.71 Å². The first kappa shape index (κ1) is 13.3. The molecule has 0 amide bonds. The Bertz CT molecular complexity index is 524. The van der Waals surface area contributed by atoms with Gasteiger partial charge in [0.15, 0.2) is 0 Å². The highest BCUT2D eigenvalue weighted by molar-refractivity contribution is 7.89. The monoisotopic (exact) mass is 271 g/mol. The summed E-state index contributed by atoms with van der Waals surface area (Å²) in [7, 11) is -3.63. The summed E-state index contributed by atoms with van der Waals surface area (Å²) >= 11 is 0. The molecule has 1 aliphatic heterocycles. The van der Waals surface area contributed by atoms with Crippen LogP contribution in [0.25, 0.3) is 0 Å². The molecule has 18 heavy (non-hydrogen) atoms. The van der Waals surface area contributed by atoms with Gasteiger partial charge in [-0.15, -0.1) is 0 Å². The average Bonchev–Trinajstić information content (AvgIpc) is 2.75. The third-order valence-electron chi connectivity index (χ3n) is 3.04. The predicted molar refractivity (Wildman–Crippen MR) is 67.4 cm³/mol. The predicted octanol–water partition coefficient (Wildman–Crippen LogP) is 0.511. The molecule has 1 fully saturated rings. The molecule has 2 heterocycles. The summed E-state index contributed by atoms with van der Waals surface area (Å²) in [5, 5.41) is 0. The van der Waals surface area contributed by atoms with E-state index >= 15 is 0 Å². The topological polar surface area (TPSA) is 94.3 Å². The van der Waals surface area contributed by atoms with Crippen molar-refractivity contribution in [2.24, 2.45) is 0 Å². The van der Waals surface area contributed by atoms with E-state index in [0.717, 1.165) is 12.8 Å². The van der Waals surface area contributed by atoms with Gasteiger partial charge in [-0.05, 0) is 25.8 Å². The van der Waals surface area contributed by atoms with Crippen molar-refractivity contribution in [3.63, 3.8) is 0 Å². The molecule has 7 heteroatoms. The molecule has 0 radical (unpaired) electrons. The van der Waals surface area contributed by atoms with Crippen molar-refractivity contribution in [1.29, 1.82) is 0 Å². The van der Waals surface area contributed by atoms with E-state index in [0.29, 0.717) is 6.61 Å². The molecule has 1 aliphatic rings. The van der Waals surface area contributed by atoms with Gasteiger partial charge in [-0.2, -0.15) is 0 Å². The van der Waals surface area contributed by atoms with Gasteiger partial charge in [-0.25, -0.2) is 13.1 Å². The van der Waals surface area contributed by atoms with Crippen molar-refractivity contribution in [1.82, 2.24) is 9.71 Å². The zero-order chi connectivity index (χ0) is 13.2. The maximum absolute atomic E-state index is 12.1. The molecule has 0 spiro atoms. The summed E-state index contributed by atoms with van der Waals surface area (Å²) in [6.45, 7) is 2.81. The summed E-state index contributed by atoms with van der Waals surface area (Å²) in [6, 6.07) is 1.46. The van der Waals surface area contributed by atoms with Crippen LogP contribution in [0.15, 0.2) is 23.4 Å². The summed E-state index contributed by atoms with van der Waals surface area (Å²) in [6.07, 6.45) is 4.50. The van der Waals surface area contributed by atoms with Crippen LogP contribution in [0.2, 0.25) is 0 Å². The Hall–Kier alpha value is -1.18. The summed E-state index contributed by atoms with van der Waals surface area (Å²) in [5.74, 6) is 0. The van der Waals surface area contributed by atoms with Gasteiger partial charge in [0, 0.05) is 25.5 Å². The molecule has 0 bridgehead atoms.